The molecule has 1 amide bonds. The first-order valence-electron chi connectivity index (χ1n) is 5.49. The Bertz CT molecular complexity index is 598. The molecule has 1 unspecified atom stereocenters. The molecule has 1 aromatic carbocycles. The van der Waals surface area contributed by atoms with Gasteiger partial charge in [0, 0.05) is 17.9 Å². The van der Waals surface area contributed by atoms with Gasteiger partial charge in [-0.05, 0) is 18.2 Å². The van der Waals surface area contributed by atoms with Crippen LogP contribution in [0.15, 0.2) is 23.1 Å². The van der Waals surface area contributed by atoms with Gasteiger partial charge in [-0.2, -0.15) is 0 Å². The van der Waals surface area contributed by atoms with E-state index >= 15 is 0 Å². The predicted molar refractivity (Wildman–Crippen MR) is 77.4 cm³/mol. The third-order valence-corrected chi connectivity index (χ3v) is 5.04. The molecule has 104 valence electrons. The van der Waals surface area contributed by atoms with Crippen LogP contribution >= 0.6 is 23.4 Å². The summed E-state index contributed by atoms with van der Waals surface area (Å²) in [5.41, 5.74) is 0.313. The standard InChI is InChI=1S/C11H13ClN2O3S2/c1-19(16,17)7-2-3-8(12)9(4-7)14-11(15)10-5-18-6-13-10/h2-4,10,13H,5-6H2,1H3,(H,14,15). The number of hydrogen-bond donors (Lipinski definition) is 2. The molecule has 1 heterocycles. The number of carbonyl (C=O) groups excluding carboxylic acids is 1. The van der Waals surface area contributed by atoms with Crippen molar-refractivity contribution < 1.29 is 13.2 Å². The topological polar surface area (TPSA) is 75.3 Å². The third-order valence-electron chi connectivity index (χ3n) is 2.66. The molecule has 0 bridgehead atoms. The highest BCUT2D eigenvalue weighted by atomic mass is 35.5. The van der Waals surface area contributed by atoms with E-state index in [-0.39, 0.29) is 16.8 Å². The zero-order valence-electron chi connectivity index (χ0n) is 10.1. The minimum atomic E-state index is -3.33. The number of halogens is 1. The number of benzene rings is 1. The van der Waals surface area contributed by atoms with Crippen molar-refractivity contribution in [1.29, 1.82) is 0 Å². The summed E-state index contributed by atoms with van der Waals surface area (Å²) >= 11 is 7.59. The van der Waals surface area contributed by atoms with Gasteiger partial charge in [0.25, 0.3) is 0 Å². The van der Waals surface area contributed by atoms with Crippen molar-refractivity contribution in [3.63, 3.8) is 0 Å². The lowest BCUT2D eigenvalue weighted by Gasteiger charge is -2.12. The fourth-order valence-electron chi connectivity index (χ4n) is 1.61. The minimum Gasteiger partial charge on any atom is -0.323 e. The summed E-state index contributed by atoms with van der Waals surface area (Å²) in [6.45, 7) is 0. The maximum Gasteiger partial charge on any atom is 0.242 e. The van der Waals surface area contributed by atoms with E-state index in [4.69, 9.17) is 11.6 Å². The second-order valence-corrected chi connectivity index (χ2v) is 7.63. The Balaban J connectivity index is 2.22. The second-order valence-electron chi connectivity index (χ2n) is 4.17. The van der Waals surface area contributed by atoms with E-state index in [0.29, 0.717) is 16.5 Å². The molecule has 0 aromatic heterocycles. The zero-order valence-corrected chi connectivity index (χ0v) is 12.5. The van der Waals surface area contributed by atoms with Crippen molar-refractivity contribution >= 4 is 44.8 Å². The molecule has 1 aromatic rings. The largest absolute Gasteiger partial charge is 0.323 e. The van der Waals surface area contributed by atoms with E-state index in [1.165, 1.54) is 18.2 Å². The highest BCUT2D eigenvalue weighted by Gasteiger charge is 2.23. The van der Waals surface area contributed by atoms with Crippen LogP contribution in [0.2, 0.25) is 5.02 Å². The van der Waals surface area contributed by atoms with Gasteiger partial charge in [-0.1, -0.05) is 11.6 Å². The Labute approximate surface area is 121 Å². The van der Waals surface area contributed by atoms with Crippen LogP contribution in [0.1, 0.15) is 0 Å². The fourth-order valence-corrected chi connectivity index (χ4v) is 3.37. The van der Waals surface area contributed by atoms with Crippen LogP contribution in [-0.2, 0) is 14.6 Å². The van der Waals surface area contributed by atoms with Crippen molar-refractivity contribution in [2.45, 2.75) is 10.9 Å². The van der Waals surface area contributed by atoms with Gasteiger partial charge >= 0.3 is 0 Å². The predicted octanol–water partition coefficient (Wildman–Crippen LogP) is 1.34. The van der Waals surface area contributed by atoms with Crippen LogP contribution in [0.5, 0.6) is 0 Å². The lowest BCUT2D eigenvalue weighted by Crippen LogP contribution is -2.37. The molecular weight excluding hydrogens is 308 g/mol. The molecule has 2 rings (SSSR count). The molecule has 0 saturated carbocycles. The number of carbonyl (C=O) groups is 1. The summed E-state index contributed by atoms with van der Waals surface area (Å²) in [4.78, 5) is 12.1. The van der Waals surface area contributed by atoms with Gasteiger partial charge in [0.2, 0.25) is 5.91 Å². The minimum absolute atomic E-state index is 0.126. The summed E-state index contributed by atoms with van der Waals surface area (Å²) in [7, 11) is -3.33. The number of rotatable bonds is 3. The van der Waals surface area contributed by atoms with Gasteiger partial charge in [0.15, 0.2) is 9.84 Å². The first-order chi connectivity index (χ1) is 8.88. The number of hydrogen-bond acceptors (Lipinski definition) is 5. The smallest absolute Gasteiger partial charge is 0.242 e. The lowest BCUT2D eigenvalue weighted by atomic mass is 10.2. The Hall–Kier alpha value is -0.760. The second kappa shape index (κ2) is 5.70. The van der Waals surface area contributed by atoms with E-state index in [0.717, 1.165) is 12.1 Å². The molecule has 1 aliphatic rings. The highest BCUT2D eigenvalue weighted by Crippen LogP contribution is 2.25. The fraction of sp³-hybridized carbons (Fsp3) is 0.364. The molecule has 5 nitrogen and oxygen atoms in total. The van der Waals surface area contributed by atoms with Crippen molar-refractivity contribution in [2.75, 3.05) is 23.2 Å². The van der Waals surface area contributed by atoms with E-state index < -0.39 is 9.84 Å². The monoisotopic (exact) mass is 320 g/mol. The van der Waals surface area contributed by atoms with Crippen molar-refractivity contribution in [1.82, 2.24) is 5.32 Å². The molecule has 1 fully saturated rings. The van der Waals surface area contributed by atoms with Crippen molar-refractivity contribution in [3.05, 3.63) is 23.2 Å². The van der Waals surface area contributed by atoms with E-state index in [1.54, 1.807) is 11.8 Å². The Morgan fingerprint density at radius 3 is 2.84 bits per heavy atom. The molecule has 1 aliphatic heterocycles. The molecular formula is C11H13ClN2O3S2. The summed E-state index contributed by atoms with van der Waals surface area (Å²) in [6.07, 6.45) is 1.11. The molecule has 8 heteroatoms. The SMILES string of the molecule is CS(=O)(=O)c1ccc(Cl)c(NC(=O)C2CSCN2)c1. The van der Waals surface area contributed by atoms with Crippen LogP contribution in [0, 0.1) is 0 Å². The van der Waals surface area contributed by atoms with Gasteiger partial charge in [-0.3, -0.25) is 10.1 Å². The molecule has 1 atom stereocenters. The molecule has 0 aliphatic carbocycles. The Morgan fingerprint density at radius 1 is 1.53 bits per heavy atom. The van der Waals surface area contributed by atoms with Crippen LogP contribution in [0.25, 0.3) is 0 Å². The number of amides is 1. The highest BCUT2D eigenvalue weighted by molar-refractivity contribution is 7.99. The summed E-state index contributed by atoms with van der Waals surface area (Å²) in [5, 5.41) is 6.00. The molecule has 2 N–H and O–H groups in total. The Kier molecular flexibility index (Phi) is 4.39. The van der Waals surface area contributed by atoms with Gasteiger partial charge in [-0.25, -0.2) is 8.42 Å². The van der Waals surface area contributed by atoms with Crippen LogP contribution in [0.4, 0.5) is 5.69 Å². The third kappa shape index (κ3) is 3.62. The van der Waals surface area contributed by atoms with E-state index in [1.807, 2.05) is 0 Å². The maximum absolute atomic E-state index is 11.9. The summed E-state index contributed by atoms with van der Waals surface area (Å²) < 4.78 is 22.9. The van der Waals surface area contributed by atoms with Crippen LogP contribution < -0.4 is 10.6 Å². The summed E-state index contributed by atoms with van der Waals surface area (Å²) in [5.74, 6) is 1.21. The molecule has 19 heavy (non-hydrogen) atoms. The number of nitrogens with one attached hydrogen (secondary N) is 2. The number of sulfone groups is 1. The van der Waals surface area contributed by atoms with Gasteiger partial charge in [0.05, 0.1) is 21.6 Å². The van der Waals surface area contributed by atoms with Gasteiger partial charge in [0.1, 0.15) is 0 Å². The molecule has 1 saturated heterocycles. The maximum atomic E-state index is 11.9. The summed E-state index contributed by atoms with van der Waals surface area (Å²) in [6, 6.07) is 3.97. The van der Waals surface area contributed by atoms with Crippen LogP contribution in [-0.4, -0.2) is 38.3 Å². The quantitative estimate of drug-likeness (QED) is 0.879. The Morgan fingerprint density at radius 2 is 2.26 bits per heavy atom. The van der Waals surface area contributed by atoms with Gasteiger partial charge in [-0.15, -0.1) is 11.8 Å². The number of thioether (sulfide) groups is 1. The normalized spacial score (nSPS) is 19.4. The van der Waals surface area contributed by atoms with E-state index in [2.05, 4.69) is 10.6 Å². The average molecular weight is 321 g/mol. The lowest BCUT2D eigenvalue weighted by molar-refractivity contribution is -0.117. The first kappa shape index (κ1) is 14.6. The van der Waals surface area contributed by atoms with Crippen molar-refractivity contribution in [3.8, 4) is 0 Å². The molecule has 0 radical (unpaired) electrons. The van der Waals surface area contributed by atoms with E-state index in [9.17, 15) is 13.2 Å². The van der Waals surface area contributed by atoms with Crippen molar-refractivity contribution in [2.24, 2.45) is 0 Å². The van der Waals surface area contributed by atoms with Crippen LogP contribution in [0.3, 0.4) is 0 Å². The zero-order chi connectivity index (χ0) is 14.0. The average Bonchev–Trinajstić information content (AvgIpc) is 2.84. The van der Waals surface area contributed by atoms with Gasteiger partial charge < -0.3 is 5.32 Å². The first-order valence-corrected chi connectivity index (χ1v) is 8.92. The molecule has 0 spiro atoms. The number of anilines is 1.